The first-order chi connectivity index (χ1) is 8.08. The van der Waals surface area contributed by atoms with Crippen LogP contribution in [-0.4, -0.2) is 14.1 Å². The molecule has 17 heavy (non-hydrogen) atoms. The van der Waals surface area contributed by atoms with Gasteiger partial charge in [0.1, 0.15) is 5.82 Å². The Balaban J connectivity index is 2.47. The van der Waals surface area contributed by atoms with Crippen LogP contribution >= 0.6 is 0 Å². The molecule has 0 aliphatic carbocycles. The van der Waals surface area contributed by atoms with E-state index in [1.165, 1.54) is 29.1 Å². The summed E-state index contributed by atoms with van der Waals surface area (Å²) in [5, 5.41) is 0. The van der Waals surface area contributed by atoms with E-state index in [2.05, 4.69) is 4.98 Å². The fourth-order valence-corrected chi connectivity index (χ4v) is 1.48. The minimum absolute atomic E-state index is 0.0110. The van der Waals surface area contributed by atoms with Crippen LogP contribution in [0.25, 0.3) is 0 Å². The predicted molar refractivity (Wildman–Crippen MR) is 59.2 cm³/mol. The van der Waals surface area contributed by atoms with Crippen molar-refractivity contribution in [3.05, 3.63) is 62.9 Å². The molecule has 0 aliphatic rings. The zero-order valence-electron chi connectivity index (χ0n) is 9.13. The lowest BCUT2D eigenvalue weighted by Crippen LogP contribution is -2.38. The van der Waals surface area contributed by atoms with E-state index in [1.54, 1.807) is 7.05 Å². The van der Waals surface area contributed by atoms with Crippen LogP contribution in [0.1, 0.15) is 5.56 Å². The van der Waals surface area contributed by atoms with E-state index < -0.39 is 17.1 Å². The lowest BCUT2D eigenvalue weighted by atomic mass is 10.3. The second kappa shape index (κ2) is 4.32. The van der Waals surface area contributed by atoms with Gasteiger partial charge < -0.3 is 4.57 Å². The highest BCUT2D eigenvalue weighted by atomic mass is 19.1. The van der Waals surface area contributed by atoms with E-state index in [-0.39, 0.29) is 6.54 Å². The third-order valence-corrected chi connectivity index (χ3v) is 2.34. The van der Waals surface area contributed by atoms with Crippen LogP contribution in [0.5, 0.6) is 0 Å². The Morgan fingerprint density at radius 2 is 2.12 bits per heavy atom. The normalized spacial score (nSPS) is 10.5. The minimum atomic E-state index is -0.497. The summed E-state index contributed by atoms with van der Waals surface area (Å²) in [5.74, 6) is -0.497. The van der Waals surface area contributed by atoms with Crippen molar-refractivity contribution in [2.75, 3.05) is 0 Å². The van der Waals surface area contributed by atoms with Crippen LogP contribution in [0, 0.1) is 5.82 Å². The highest BCUT2D eigenvalue weighted by Gasteiger charge is 2.04. The topological polar surface area (TPSA) is 56.9 Å². The zero-order valence-corrected chi connectivity index (χ0v) is 9.13. The molecule has 0 fully saturated rings. The van der Waals surface area contributed by atoms with Crippen molar-refractivity contribution >= 4 is 0 Å². The molecule has 0 atom stereocenters. The molecule has 2 heterocycles. The van der Waals surface area contributed by atoms with Crippen molar-refractivity contribution in [2.45, 2.75) is 6.54 Å². The number of pyridine rings is 1. The molecule has 0 unspecified atom stereocenters. The van der Waals surface area contributed by atoms with Gasteiger partial charge in [-0.05, 0) is 11.6 Å². The summed E-state index contributed by atoms with van der Waals surface area (Å²) in [6.07, 6.45) is 3.88. The number of rotatable bonds is 2. The van der Waals surface area contributed by atoms with Crippen molar-refractivity contribution in [1.82, 2.24) is 14.1 Å². The molecule has 0 saturated heterocycles. The maximum atomic E-state index is 12.9. The first-order valence-electron chi connectivity index (χ1n) is 4.94. The van der Waals surface area contributed by atoms with E-state index in [1.807, 2.05) is 0 Å². The summed E-state index contributed by atoms with van der Waals surface area (Å²) in [6, 6.07) is 2.53. The lowest BCUT2D eigenvalue weighted by molar-refractivity contribution is 0.606. The summed E-state index contributed by atoms with van der Waals surface area (Å²) < 4.78 is 15.2. The number of nitrogens with zero attached hydrogens (tertiary/aromatic N) is 3. The molecule has 0 bridgehead atoms. The van der Waals surface area contributed by atoms with Crippen molar-refractivity contribution < 1.29 is 4.39 Å². The number of hydrogen-bond acceptors (Lipinski definition) is 3. The monoisotopic (exact) mass is 235 g/mol. The van der Waals surface area contributed by atoms with Gasteiger partial charge in [-0.1, -0.05) is 0 Å². The van der Waals surface area contributed by atoms with Crippen LogP contribution in [0.15, 0.2) is 40.3 Å². The van der Waals surface area contributed by atoms with Crippen LogP contribution in [0.2, 0.25) is 0 Å². The third-order valence-electron chi connectivity index (χ3n) is 2.34. The number of halogens is 1. The number of hydrogen-bond donors (Lipinski definition) is 0. The summed E-state index contributed by atoms with van der Waals surface area (Å²) in [4.78, 5) is 26.9. The van der Waals surface area contributed by atoms with E-state index in [0.29, 0.717) is 5.56 Å². The molecule has 2 aromatic rings. The fourth-order valence-electron chi connectivity index (χ4n) is 1.48. The maximum Gasteiger partial charge on any atom is 0.331 e. The van der Waals surface area contributed by atoms with Crippen LogP contribution in [0.4, 0.5) is 4.39 Å². The van der Waals surface area contributed by atoms with Gasteiger partial charge >= 0.3 is 5.69 Å². The van der Waals surface area contributed by atoms with E-state index in [0.717, 1.165) is 10.8 Å². The van der Waals surface area contributed by atoms with E-state index in [9.17, 15) is 14.0 Å². The molecule has 0 radical (unpaired) electrons. The highest BCUT2D eigenvalue weighted by Crippen LogP contribution is 2.00. The molecule has 0 amide bonds. The Morgan fingerprint density at radius 1 is 1.35 bits per heavy atom. The maximum absolute atomic E-state index is 12.9. The van der Waals surface area contributed by atoms with Gasteiger partial charge in [0.05, 0.1) is 12.7 Å². The quantitative estimate of drug-likeness (QED) is 0.743. The number of aromatic nitrogens is 3. The van der Waals surface area contributed by atoms with Crippen molar-refractivity contribution in [3.63, 3.8) is 0 Å². The minimum Gasteiger partial charge on any atom is -0.303 e. The Labute approximate surface area is 95.8 Å². The summed E-state index contributed by atoms with van der Waals surface area (Å²) in [7, 11) is 1.54. The average molecular weight is 235 g/mol. The van der Waals surface area contributed by atoms with E-state index >= 15 is 0 Å². The highest BCUT2D eigenvalue weighted by molar-refractivity contribution is 5.10. The lowest BCUT2D eigenvalue weighted by Gasteiger charge is -2.06. The molecule has 88 valence electrons. The van der Waals surface area contributed by atoms with Crippen molar-refractivity contribution in [2.24, 2.45) is 7.05 Å². The summed E-state index contributed by atoms with van der Waals surface area (Å²) in [6.45, 7) is 0.0110. The molecule has 0 saturated carbocycles. The molecule has 0 aliphatic heterocycles. The van der Waals surface area contributed by atoms with Gasteiger partial charge in [-0.3, -0.25) is 14.3 Å². The smallest absolute Gasteiger partial charge is 0.303 e. The second-order valence-corrected chi connectivity index (χ2v) is 3.65. The first-order valence-corrected chi connectivity index (χ1v) is 4.94. The Kier molecular flexibility index (Phi) is 2.86. The number of aryl methyl sites for hydroxylation is 1. The standard InChI is InChI=1S/C11H10FN3O2/c1-14-3-2-10(16)15(11(14)17)7-8-4-9(12)6-13-5-8/h2-6H,7H2,1H3. The molecule has 5 nitrogen and oxygen atoms in total. The molecule has 2 aromatic heterocycles. The van der Waals surface area contributed by atoms with Gasteiger partial charge in [0.2, 0.25) is 0 Å². The van der Waals surface area contributed by atoms with Crippen molar-refractivity contribution in [1.29, 1.82) is 0 Å². The molecule has 0 aromatic carbocycles. The van der Waals surface area contributed by atoms with E-state index in [4.69, 9.17) is 0 Å². The largest absolute Gasteiger partial charge is 0.331 e. The Bertz CT molecular complexity index is 660. The predicted octanol–water partition coefficient (Wildman–Crippen LogP) is 0.129. The molecular weight excluding hydrogens is 225 g/mol. The summed E-state index contributed by atoms with van der Waals surface area (Å²) in [5.41, 5.74) is -0.394. The molecule has 2 rings (SSSR count). The van der Waals surface area contributed by atoms with Gasteiger partial charge in [0.15, 0.2) is 0 Å². The van der Waals surface area contributed by atoms with Crippen LogP contribution in [-0.2, 0) is 13.6 Å². The molecule has 0 spiro atoms. The van der Waals surface area contributed by atoms with Crippen LogP contribution in [0.3, 0.4) is 0 Å². The first kappa shape index (κ1) is 11.3. The average Bonchev–Trinajstić information content (AvgIpc) is 2.30. The van der Waals surface area contributed by atoms with Gasteiger partial charge in [-0.25, -0.2) is 9.18 Å². The second-order valence-electron chi connectivity index (χ2n) is 3.65. The van der Waals surface area contributed by atoms with Gasteiger partial charge in [0, 0.05) is 25.5 Å². The van der Waals surface area contributed by atoms with Gasteiger partial charge in [-0.2, -0.15) is 0 Å². The molecule has 6 heteroatoms. The zero-order chi connectivity index (χ0) is 12.4. The fraction of sp³-hybridized carbons (Fsp3) is 0.182. The summed E-state index contributed by atoms with van der Waals surface area (Å²) >= 11 is 0. The van der Waals surface area contributed by atoms with Gasteiger partial charge in [-0.15, -0.1) is 0 Å². The molecular formula is C11H10FN3O2. The third kappa shape index (κ3) is 2.30. The Morgan fingerprint density at radius 3 is 2.82 bits per heavy atom. The Hall–Kier alpha value is -2.24. The van der Waals surface area contributed by atoms with Gasteiger partial charge in [0.25, 0.3) is 5.56 Å². The van der Waals surface area contributed by atoms with Crippen molar-refractivity contribution in [3.8, 4) is 0 Å². The molecule has 0 N–H and O–H groups in total. The SMILES string of the molecule is Cn1ccc(=O)n(Cc2cncc(F)c2)c1=O. The van der Waals surface area contributed by atoms with Crippen LogP contribution < -0.4 is 11.2 Å².